The Balaban J connectivity index is 1.50. The predicted molar refractivity (Wildman–Crippen MR) is 99.1 cm³/mol. The van der Waals surface area contributed by atoms with Crippen molar-refractivity contribution >= 4 is 11.8 Å². The Morgan fingerprint density at radius 2 is 2.11 bits per heavy atom. The van der Waals surface area contributed by atoms with Crippen molar-refractivity contribution in [2.75, 3.05) is 6.61 Å². The second kappa shape index (κ2) is 8.70. The van der Waals surface area contributed by atoms with E-state index in [4.69, 9.17) is 9.15 Å². The Labute approximate surface area is 158 Å². The van der Waals surface area contributed by atoms with E-state index >= 15 is 0 Å². The Morgan fingerprint density at radius 3 is 2.70 bits per heavy atom. The highest BCUT2D eigenvalue weighted by Gasteiger charge is 2.25. The van der Waals surface area contributed by atoms with E-state index in [9.17, 15) is 9.59 Å². The number of hydrogen-bond acceptors (Lipinski definition) is 5. The first-order valence-corrected chi connectivity index (χ1v) is 9.22. The second-order valence-corrected chi connectivity index (χ2v) is 7.15. The van der Waals surface area contributed by atoms with E-state index in [1.54, 1.807) is 18.3 Å². The summed E-state index contributed by atoms with van der Waals surface area (Å²) >= 11 is 0. The number of nitrogens with zero attached hydrogens (tertiary/aromatic N) is 1. The third-order valence-electron chi connectivity index (χ3n) is 4.41. The quantitative estimate of drug-likeness (QED) is 0.706. The topological polar surface area (TPSA) is 93.5 Å². The van der Waals surface area contributed by atoms with Crippen molar-refractivity contribution in [3.05, 3.63) is 48.0 Å². The fraction of sp³-hybridized carbons (Fsp3) is 0.450. The molecule has 1 aliphatic carbocycles. The summed E-state index contributed by atoms with van der Waals surface area (Å²) in [6.07, 6.45) is 5.58. The molecule has 7 nitrogen and oxygen atoms in total. The van der Waals surface area contributed by atoms with E-state index in [0.29, 0.717) is 24.9 Å². The molecule has 2 N–H and O–H groups in total. The van der Waals surface area contributed by atoms with Crippen molar-refractivity contribution < 1.29 is 18.7 Å². The first-order chi connectivity index (χ1) is 13.0. The Bertz CT molecular complexity index is 752. The molecule has 0 aliphatic heterocycles. The minimum absolute atomic E-state index is 0.0692. The lowest BCUT2D eigenvalue weighted by molar-refractivity contribution is -0.124. The minimum Gasteiger partial charge on any atom is -0.477 e. The molecule has 27 heavy (non-hydrogen) atoms. The lowest BCUT2D eigenvalue weighted by atomic mass is 10.0. The van der Waals surface area contributed by atoms with Crippen LogP contribution in [-0.2, 0) is 11.3 Å². The van der Waals surface area contributed by atoms with E-state index in [1.165, 1.54) is 19.1 Å². The molecule has 0 bridgehead atoms. The first kappa shape index (κ1) is 18.9. The van der Waals surface area contributed by atoms with Crippen molar-refractivity contribution in [2.45, 2.75) is 39.3 Å². The van der Waals surface area contributed by atoms with Gasteiger partial charge in [-0.25, -0.2) is 4.98 Å². The molecule has 2 amide bonds. The van der Waals surface area contributed by atoms with Gasteiger partial charge in [0.15, 0.2) is 5.76 Å². The number of rotatable bonds is 9. The normalized spacial score (nSPS) is 14.6. The molecule has 0 aromatic carbocycles. The summed E-state index contributed by atoms with van der Waals surface area (Å²) in [4.78, 5) is 28.9. The van der Waals surface area contributed by atoms with Gasteiger partial charge in [0.05, 0.1) is 12.9 Å². The highest BCUT2D eigenvalue weighted by Crippen LogP contribution is 2.29. The number of furan rings is 1. The number of aromatic nitrogens is 1. The number of nitrogens with one attached hydrogen (secondary N) is 2. The molecule has 0 saturated heterocycles. The average molecular weight is 371 g/mol. The summed E-state index contributed by atoms with van der Waals surface area (Å²) < 4.78 is 10.7. The van der Waals surface area contributed by atoms with Crippen molar-refractivity contribution in [1.82, 2.24) is 15.6 Å². The Hall–Kier alpha value is -2.83. The van der Waals surface area contributed by atoms with Gasteiger partial charge in [-0.2, -0.15) is 0 Å². The van der Waals surface area contributed by atoms with Crippen LogP contribution in [0.5, 0.6) is 5.88 Å². The lowest BCUT2D eigenvalue weighted by Gasteiger charge is -2.21. The zero-order chi connectivity index (χ0) is 19.2. The van der Waals surface area contributed by atoms with Crippen molar-refractivity contribution in [1.29, 1.82) is 0 Å². The van der Waals surface area contributed by atoms with Gasteiger partial charge in [-0.3, -0.25) is 9.59 Å². The minimum atomic E-state index is -0.656. The van der Waals surface area contributed by atoms with Gasteiger partial charge in [0, 0.05) is 18.8 Å². The number of hydrogen-bond donors (Lipinski definition) is 2. The molecule has 1 atom stereocenters. The molecular formula is C20H25N3O4. The SMILES string of the molecule is CC(C)[C@H](NC(=O)c1ccco1)C(=O)NCc1ccc(OCC2CC2)nc1. The fourth-order valence-electron chi connectivity index (χ4n) is 2.54. The monoisotopic (exact) mass is 371 g/mol. The van der Waals surface area contributed by atoms with Crippen LogP contribution < -0.4 is 15.4 Å². The van der Waals surface area contributed by atoms with Crippen molar-refractivity contribution in [2.24, 2.45) is 11.8 Å². The molecule has 2 heterocycles. The lowest BCUT2D eigenvalue weighted by Crippen LogP contribution is -2.49. The van der Waals surface area contributed by atoms with Crippen molar-refractivity contribution in [3.8, 4) is 5.88 Å². The van der Waals surface area contributed by atoms with Crippen molar-refractivity contribution in [3.63, 3.8) is 0 Å². The molecule has 2 aromatic rings. The predicted octanol–water partition coefficient (Wildman–Crippen LogP) is 2.53. The van der Waals surface area contributed by atoms with Crippen LogP contribution in [0, 0.1) is 11.8 Å². The fourth-order valence-corrected chi connectivity index (χ4v) is 2.54. The molecule has 0 unspecified atom stereocenters. The van der Waals surface area contributed by atoms with E-state index in [2.05, 4.69) is 15.6 Å². The molecular weight excluding hydrogens is 346 g/mol. The third kappa shape index (κ3) is 5.57. The first-order valence-electron chi connectivity index (χ1n) is 9.22. The van der Waals surface area contributed by atoms with Gasteiger partial charge in [-0.1, -0.05) is 19.9 Å². The van der Waals surface area contributed by atoms with Gasteiger partial charge in [0.2, 0.25) is 11.8 Å². The van der Waals surface area contributed by atoms with Gasteiger partial charge < -0.3 is 19.8 Å². The highest BCUT2D eigenvalue weighted by atomic mass is 16.5. The number of carbonyl (C=O) groups excluding carboxylic acids is 2. The average Bonchev–Trinajstić information content (AvgIpc) is 3.33. The van der Waals surface area contributed by atoms with Gasteiger partial charge in [-0.05, 0) is 42.4 Å². The van der Waals surface area contributed by atoms with E-state index in [0.717, 1.165) is 5.56 Å². The summed E-state index contributed by atoms with van der Waals surface area (Å²) in [5.41, 5.74) is 0.863. The highest BCUT2D eigenvalue weighted by molar-refractivity contribution is 5.95. The Kier molecular flexibility index (Phi) is 6.11. The summed E-state index contributed by atoms with van der Waals surface area (Å²) in [5.74, 6) is 0.726. The number of carbonyl (C=O) groups is 2. The summed E-state index contributed by atoms with van der Waals surface area (Å²) in [7, 11) is 0. The summed E-state index contributed by atoms with van der Waals surface area (Å²) in [5, 5.41) is 5.56. The molecule has 2 aromatic heterocycles. The molecule has 0 spiro atoms. The smallest absolute Gasteiger partial charge is 0.287 e. The Morgan fingerprint density at radius 1 is 1.30 bits per heavy atom. The van der Waals surface area contributed by atoms with Crippen LogP contribution in [0.1, 0.15) is 42.8 Å². The zero-order valence-corrected chi connectivity index (χ0v) is 15.6. The molecule has 1 saturated carbocycles. The van der Waals surface area contributed by atoms with Crippen LogP contribution in [-0.4, -0.2) is 29.4 Å². The van der Waals surface area contributed by atoms with E-state index in [-0.39, 0.29) is 17.6 Å². The van der Waals surface area contributed by atoms with Gasteiger partial charge in [0.1, 0.15) is 6.04 Å². The third-order valence-corrected chi connectivity index (χ3v) is 4.41. The molecule has 7 heteroatoms. The van der Waals surface area contributed by atoms with Crippen LogP contribution in [0.15, 0.2) is 41.1 Å². The second-order valence-electron chi connectivity index (χ2n) is 7.15. The van der Waals surface area contributed by atoms with Crippen LogP contribution in [0.3, 0.4) is 0 Å². The molecule has 1 fully saturated rings. The van der Waals surface area contributed by atoms with Crippen LogP contribution in [0.25, 0.3) is 0 Å². The van der Waals surface area contributed by atoms with Crippen LogP contribution >= 0.6 is 0 Å². The van der Waals surface area contributed by atoms with E-state index < -0.39 is 11.9 Å². The number of pyridine rings is 1. The molecule has 0 radical (unpaired) electrons. The molecule has 144 valence electrons. The standard InChI is InChI=1S/C20H25N3O4/c1-13(2)18(23-19(24)16-4-3-9-26-16)20(25)22-11-15-7-8-17(21-10-15)27-12-14-5-6-14/h3-4,7-10,13-14,18H,5-6,11-12H2,1-2H3,(H,22,25)(H,23,24)/t18-/m0/s1. The van der Waals surface area contributed by atoms with Gasteiger partial charge in [0.25, 0.3) is 5.91 Å². The zero-order valence-electron chi connectivity index (χ0n) is 15.6. The maximum absolute atomic E-state index is 12.5. The van der Waals surface area contributed by atoms with Gasteiger partial charge in [-0.15, -0.1) is 0 Å². The molecule has 3 rings (SSSR count). The summed E-state index contributed by atoms with van der Waals surface area (Å²) in [6, 6.07) is 6.22. The number of amides is 2. The van der Waals surface area contributed by atoms with Crippen LogP contribution in [0.2, 0.25) is 0 Å². The largest absolute Gasteiger partial charge is 0.477 e. The number of ether oxygens (including phenoxy) is 1. The molecule has 1 aliphatic rings. The van der Waals surface area contributed by atoms with E-state index in [1.807, 2.05) is 26.0 Å². The maximum Gasteiger partial charge on any atom is 0.287 e. The van der Waals surface area contributed by atoms with Crippen LogP contribution in [0.4, 0.5) is 0 Å². The summed E-state index contributed by atoms with van der Waals surface area (Å²) in [6.45, 7) is 4.80. The van der Waals surface area contributed by atoms with Gasteiger partial charge >= 0.3 is 0 Å². The maximum atomic E-state index is 12.5.